The molecular weight excluding hydrogens is 436 g/mol. The van der Waals surface area contributed by atoms with Crippen LogP contribution in [-0.4, -0.2) is 35.5 Å². The minimum atomic E-state index is -0.630. The summed E-state index contributed by atoms with van der Waals surface area (Å²) in [6, 6.07) is 22.6. The van der Waals surface area contributed by atoms with E-state index in [1.165, 1.54) is 0 Å². The highest BCUT2D eigenvalue weighted by Crippen LogP contribution is 2.22. The monoisotopic (exact) mass is 469 g/mol. The molecule has 1 aliphatic rings. The van der Waals surface area contributed by atoms with Crippen molar-refractivity contribution < 1.29 is 14.2 Å². The molecule has 0 bridgehead atoms. The molecule has 6 heteroatoms. The van der Waals surface area contributed by atoms with Gasteiger partial charge in [0.05, 0.1) is 11.6 Å². The molecule has 1 saturated heterocycles. The molecule has 2 N–H and O–H groups in total. The molecule has 4 rings (SSSR count). The standard InChI is InChI=1S/C29H32N4O2/c1-21(2)16-27(31-28(34)26-13-12-24-10-3-4-11-25(24)18-26)29(35)32-33(14-5-6-15-33)20-23-9-7-8-22(17-23)19-30/h3-4,7-13,17-18,21,27H,5-6,14-16,20H2,1-2H3,(H-,31,32,34,35)/p+1/t27-/m0/s1. The predicted molar refractivity (Wildman–Crippen MR) is 137 cm³/mol. The molecule has 0 spiro atoms. The molecule has 1 heterocycles. The van der Waals surface area contributed by atoms with Gasteiger partial charge in [0, 0.05) is 24.0 Å². The first kappa shape index (κ1) is 24.4. The molecule has 6 nitrogen and oxygen atoms in total. The third kappa shape index (κ3) is 6.06. The first-order valence-corrected chi connectivity index (χ1v) is 12.3. The Morgan fingerprint density at radius 2 is 1.71 bits per heavy atom. The molecular formula is C29H33N4O2+. The van der Waals surface area contributed by atoms with Crippen molar-refractivity contribution >= 4 is 22.6 Å². The first-order valence-electron chi connectivity index (χ1n) is 12.3. The highest BCUT2D eigenvalue weighted by Gasteiger charge is 2.37. The number of carbonyl (C=O) groups is 2. The van der Waals surface area contributed by atoms with Crippen molar-refractivity contribution in [2.75, 3.05) is 13.1 Å². The lowest BCUT2D eigenvalue weighted by molar-refractivity contribution is -0.963. The highest BCUT2D eigenvalue weighted by molar-refractivity contribution is 6.00. The van der Waals surface area contributed by atoms with Gasteiger partial charge in [-0.2, -0.15) is 10.7 Å². The SMILES string of the molecule is CC(C)C[C@H](NC(=O)c1ccc2ccccc2c1)C(=O)N[N+]1(Cc2cccc(C#N)c2)CCCC1. The van der Waals surface area contributed by atoms with Gasteiger partial charge < -0.3 is 5.32 Å². The van der Waals surface area contributed by atoms with Gasteiger partial charge in [-0.3, -0.25) is 9.59 Å². The summed E-state index contributed by atoms with van der Waals surface area (Å²) in [6.07, 6.45) is 2.60. The van der Waals surface area contributed by atoms with E-state index in [0.717, 1.165) is 42.3 Å². The van der Waals surface area contributed by atoms with Crippen LogP contribution in [0.25, 0.3) is 10.8 Å². The van der Waals surface area contributed by atoms with E-state index in [1.807, 2.05) is 54.6 Å². The number of nitrogens with one attached hydrogen (secondary N) is 2. The Kier molecular flexibility index (Phi) is 7.48. The Morgan fingerprint density at radius 3 is 2.43 bits per heavy atom. The lowest BCUT2D eigenvalue weighted by atomic mass is 10.0. The van der Waals surface area contributed by atoms with E-state index in [9.17, 15) is 14.9 Å². The summed E-state index contributed by atoms with van der Waals surface area (Å²) in [5, 5.41) is 14.3. The van der Waals surface area contributed by atoms with Crippen LogP contribution in [0.1, 0.15) is 54.6 Å². The van der Waals surface area contributed by atoms with E-state index < -0.39 is 6.04 Å². The second-order valence-corrected chi connectivity index (χ2v) is 9.96. The van der Waals surface area contributed by atoms with Crippen LogP contribution in [0.3, 0.4) is 0 Å². The molecule has 1 fully saturated rings. The minimum Gasteiger partial charge on any atom is -0.340 e. The molecule has 0 saturated carbocycles. The summed E-state index contributed by atoms with van der Waals surface area (Å²) >= 11 is 0. The van der Waals surface area contributed by atoms with Gasteiger partial charge in [-0.25, -0.2) is 4.59 Å². The van der Waals surface area contributed by atoms with Crippen molar-refractivity contribution in [3.05, 3.63) is 83.4 Å². The van der Waals surface area contributed by atoms with Crippen LogP contribution in [0.5, 0.6) is 0 Å². The zero-order chi connectivity index (χ0) is 24.8. The summed E-state index contributed by atoms with van der Waals surface area (Å²) in [5.41, 5.74) is 5.45. The molecule has 0 unspecified atom stereocenters. The van der Waals surface area contributed by atoms with E-state index in [2.05, 4.69) is 30.7 Å². The number of rotatable bonds is 8. The van der Waals surface area contributed by atoms with Crippen LogP contribution >= 0.6 is 0 Å². The number of benzene rings is 3. The number of quaternary nitrogens is 1. The third-order valence-corrected chi connectivity index (χ3v) is 6.65. The molecule has 35 heavy (non-hydrogen) atoms. The second-order valence-electron chi connectivity index (χ2n) is 9.96. The van der Waals surface area contributed by atoms with Crippen LogP contribution in [0, 0.1) is 17.2 Å². The number of likely N-dealkylation sites (tertiary alicyclic amines) is 1. The Morgan fingerprint density at radius 1 is 0.971 bits per heavy atom. The first-order chi connectivity index (χ1) is 16.9. The van der Waals surface area contributed by atoms with Gasteiger partial charge in [-0.1, -0.05) is 56.3 Å². The van der Waals surface area contributed by atoms with Crippen LogP contribution in [-0.2, 0) is 11.3 Å². The molecule has 0 aliphatic carbocycles. The summed E-state index contributed by atoms with van der Waals surface area (Å²) < 4.78 is 0.439. The highest BCUT2D eigenvalue weighted by atomic mass is 16.2. The molecule has 180 valence electrons. The molecule has 3 aromatic rings. The Labute approximate surface area is 207 Å². The van der Waals surface area contributed by atoms with Crippen molar-refractivity contribution in [1.82, 2.24) is 10.7 Å². The number of amides is 2. The van der Waals surface area contributed by atoms with Crippen molar-refractivity contribution in [3.63, 3.8) is 0 Å². The summed E-state index contributed by atoms with van der Waals surface area (Å²) in [5.74, 6) is -0.167. The molecule has 1 aliphatic heterocycles. The minimum absolute atomic E-state index is 0.161. The number of carbonyl (C=O) groups excluding carboxylic acids is 2. The largest absolute Gasteiger partial charge is 0.340 e. The Bertz CT molecular complexity index is 1250. The lowest BCUT2D eigenvalue weighted by Gasteiger charge is -2.35. The van der Waals surface area contributed by atoms with Gasteiger partial charge >= 0.3 is 0 Å². The van der Waals surface area contributed by atoms with Crippen LogP contribution in [0.15, 0.2) is 66.7 Å². The Balaban J connectivity index is 1.51. The summed E-state index contributed by atoms with van der Waals surface area (Å²) in [4.78, 5) is 26.7. The van der Waals surface area contributed by atoms with E-state index >= 15 is 0 Å². The van der Waals surface area contributed by atoms with Crippen molar-refractivity contribution in [3.8, 4) is 6.07 Å². The second kappa shape index (κ2) is 10.7. The fourth-order valence-corrected chi connectivity index (χ4v) is 4.93. The van der Waals surface area contributed by atoms with Gasteiger partial charge in [-0.15, -0.1) is 0 Å². The van der Waals surface area contributed by atoms with Gasteiger partial charge in [-0.05, 0) is 47.4 Å². The lowest BCUT2D eigenvalue weighted by Crippen LogP contribution is -2.62. The molecule has 0 aromatic heterocycles. The third-order valence-electron chi connectivity index (χ3n) is 6.65. The molecule has 2 amide bonds. The maximum Gasteiger partial charge on any atom is 0.287 e. The van der Waals surface area contributed by atoms with Crippen molar-refractivity contribution in [2.24, 2.45) is 5.92 Å². The fourth-order valence-electron chi connectivity index (χ4n) is 4.93. The van der Waals surface area contributed by atoms with Crippen molar-refractivity contribution in [2.45, 2.75) is 45.7 Å². The number of hydrogen-bond donors (Lipinski definition) is 2. The van der Waals surface area contributed by atoms with Crippen LogP contribution in [0.4, 0.5) is 0 Å². The Hall–Kier alpha value is -3.69. The van der Waals surface area contributed by atoms with E-state index in [1.54, 1.807) is 12.1 Å². The van der Waals surface area contributed by atoms with E-state index in [4.69, 9.17) is 0 Å². The molecule has 3 aromatic carbocycles. The number of nitriles is 1. The average molecular weight is 470 g/mol. The van der Waals surface area contributed by atoms with Gasteiger partial charge in [0.15, 0.2) is 0 Å². The van der Waals surface area contributed by atoms with Gasteiger partial charge in [0.1, 0.15) is 25.7 Å². The molecule has 0 radical (unpaired) electrons. The van der Waals surface area contributed by atoms with Crippen LogP contribution < -0.4 is 10.7 Å². The zero-order valence-corrected chi connectivity index (χ0v) is 20.5. The topological polar surface area (TPSA) is 82.0 Å². The molecule has 1 atom stereocenters. The van der Waals surface area contributed by atoms with Gasteiger partial charge in [0.2, 0.25) is 0 Å². The van der Waals surface area contributed by atoms with Crippen LogP contribution in [0.2, 0.25) is 0 Å². The quantitative estimate of drug-likeness (QED) is 0.469. The fraction of sp³-hybridized carbons (Fsp3) is 0.345. The maximum atomic E-state index is 13.5. The normalized spacial score (nSPS) is 15.5. The summed E-state index contributed by atoms with van der Waals surface area (Å²) in [7, 11) is 0. The van der Waals surface area contributed by atoms with Crippen molar-refractivity contribution in [1.29, 1.82) is 5.26 Å². The van der Waals surface area contributed by atoms with E-state index in [0.29, 0.717) is 28.7 Å². The predicted octanol–water partition coefficient (Wildman–Crippen LogP) is 4.70. The average Bonchev–Trinajstić information content (AvgIpc) is 3.30. The number of nitrogens with zero attached hydrogens (tertiary/aromatic N) is 2. The summed E-state index contributed by atoms with van der Waals surface area (Å²) in [6.45, 7) is 6.38. The number of fused-ring (bicyclic) bond motifs is 1. The van der Waals surface area contributed by atoms with Gasteiger partial charge in [0.25, 0.3) is 11.8 Å². The zero-order valence-electron chi connectivity index (χ0n) is 20.5. The van der Waals surface area contributed by atoms with E-state index in [-0.39, 0.29) is 17.7 Å². The number of hydrogen-bond acceptors (Lipinski definition) is 3. The smallest absolute Gasteiger partial charge is 0.287 e. The maximum absolute atomic E-state index is 13.5.